The predicted octanol–water partition coefficient (Wildman–Crippen LogP) is 12.0. The first-order chi connectivity index (χ1) is 26.4. The number of methoxy groups -OCH3 is 2. The van der Waals surface area contributed by atoms with E-state index in [1.807, 2.05) is 60.7 Å². The minimum absolute atomic E-state index is 0.141. The Morgan fingerprint density at radius 3 is 2.00 bits per heavy atom. The number of fused-ring (bicyclic) bond motifs is 8. The number of ether oxygens (including phenoxy) is 3. The number of anilines is 1. The molecule has 1 heterocycles. The summed E-state index contributed by atoms with van der Waals surface area (Å²) < 4.78 is 18.7. The first-order valence-electron chi connectivity index (χ1n) is 18.8. The zero-order valence-corrected chi connectivity index (χ0v) is 32.3. The van der Waals surface area contributed by atoms with Crippen molar-refractivity contribution >= 4 is 40.2 Å². The highest BCUT2D eigenvalue weighted by molar-refractivity contribution is 7.98. The molecule has 1 aliphatic carbocycles. The van der Waals surface area contributed by atoms with Crippen LogP contribution in [0.25, 0.3) is 28.0 Å². The Bertz CT molecular complexity index is 2330. The van der Waals surface area contributed by atoms with Crippen molar-refractivity contribution in [2.45, 2.75) is 55.4 Å². The lowest BCUT2D eigenvalue weighted by atomic mass is 9.69. The summed E-state index contributed by atoms with van der Waals surface area (Å²) in [5, 5.41) is 5.27. The number of rotatable bonds is 11. The molecule has 0 saturated heterocycles. The topological polar surface area (TPSA) is 56.8 Å². The van der Waals surface area contributed by atoms with Gasteiger partial charge in [0.1, 0.15) is 17.2 Å². The molecule has 0 atom stereocenters. The van der Waals surface area contributed by atoms with Crippen LogP contribution in [0.5, 0.6) is 17.2 Å². The maximum absolute atomic E-state index is 13.5. The molecular weight excluding hydrogens is 687 g/mol. The molecule has 0 aromatic heterocycles. The average molecular weight is 732 g/mol. The smallest absolute Gasteiger partial charge is 0.255 e. The number of carbonyl (C=O) groups is 1. The van der Waals surface area contributed by atoms with Crippen molar-refractivity contribution in [3.63, 3.8) is 0 Å². The van der Waals surface area contributed by atoms with Gasteiger partial charge in [0.2, 0.25) is 0 Å². The van der Waals surface area contributed by atoms with E-state index < -0.39 is 5.60 Å². The first kappa shape index (κ1) is 35.6. The van der Waals surface area contributed by atoms with Gasteiger partial charge in [-0.25, -0.2) is 0 Å². The van der Waals surface area contributed by atoms with Gasteiger partial charge in [0.05, 0.1) is 14.2 Å². The van der Waals surface area contributed by atoms with Crippen LogP contribution in [0.3, 0.4) is 0 Å². The second kappa shape index (κ2) is 14.4. The van der Waals surface area contributed by atoms with E-state index in [1.165, 1.54) is 27.1 Å². The molecule has 0 spiro atoms. The number of nitrogens with one attached hydrogen (secondary N) is 1. The standard InChI is InChI=1S/C48H45NO4S/c1-6-26-47(27-7-2)42-30-37(54-5)22-24-39(42)43-41-29-34(49-46(50)31-11-9-8-10-12-31)17-23-38(41)45-40(44(43)47)25-28-48(53-45,32-13-18-35(51-3)19-14-32)33-15-20-36(52-4)21-16-33/h8-25,28-30H,6-7,26-27H2,1-5H3,(H,49,50). The van der Waals surface area contributed by atoms with Gasteiger partial charge in [-0.05, 0) is 120 Å². The summed E-state index contributed by atoms with van der Waals surface area (Å²) in [7, 11) is 3.37. The second-order valence-corrected chi connectivity index (χ2v) is 15.1. The molecule has 6 heteroatoms. The van der Waals surface area contributed by atoms with Crippen molar-refractivity contribution < 1.29 is 19.0 Å². The third-order valence-electron chi connectivity index (χ3n) is 11.2. The summed E-state index contributed by atoms with van der Waals surface area (Å²) in [5.41, 5.74) is 8.50. The van der Waals surface area contributed by atoms with E-state index in [0.717, 1.165) is 76.1 Å². The van der Waals surface area contributed by atoms with Crippen LogP contribution in [-0.4, -0.2) is 26.4 Å². The lowest BCUT2D eigenvalue weighted by Crippen LogP contribution is -2.35. The number of hydrogen-bond donors (Lipinski definition) is 1. The second-order valence-electron chi connectivity index (χ2n) is 14.2. The van der Waals surface area contributed by atoms with Gasteiger partial charge in [-0.3, -0.25) is 4.79 Å². The van der Waals surface area contributed by atoms with Crippen molar-refractivity contribution in [3.05, 3.63) is 155 Å². The zero-order valence-electron chi connectivity index (χ0n) is 31.5. The number of carbonyl (C=O) groups excluding carboxylic acids is 1. The predicted molar refractivity (Wildman–Crippen MR) is 223 cm³/mol. The van der Waals surface area contributed by atoms with Gasteiger partial charge in [0.25, 0.3) is 5.91 Å². The molecular formula is C48H45NO4S. The lowest BCUT2D eigenvalue weighted by Gasteiger charge is -2.40. The SMILES string of the molecule is CCCC1(CCC)c2cc(SC)ccc2-c2c1c1c(c3ccc(NC(=O)c4ccccc4)cc23)OC(c2ccc(OC)cc2)(c2ccc(OC)cc2)C=C1. The zero-order chi connectivity index (χ0) is 37.5. The van der Waals surface area contributed by atoms with Crippen LogP contribution in [0.1, 0.15) is 77.7 Å². The molecule has 1 aliphatic heterocycles. The van der Waals surface area contributed by atoms with Gasteiger partial charge >= 0.3 is 0 Å². The van der Waals surface area contributed by atoms with E-state index in [2.05, 4.69) is 92.2 Å². The summed E-state index contributed by atoms with van der Waals surface area (Å²) in [6.45, 7) is 4.59. The molecule has 272 valence electrons. The Kier molecular flexibility index (Phi) is 9.49. The summed E-state index contributed by atoms with van der Waals surface area (Å²) in [5.74, 6) is 2.26. The van der Waals surface area contributed by atoms with Crippen molar-refractivity contribution in [3.8, 4) is 28.4 Å². The Morgan fingerprint density at radius 1 is 0.759 bits per heavy atom. The number of benzene rings is 6. The molecule has 0 unspecified atom stereocenters. The molecule has 8 rings (SSSR count). The minimum Gasteiger partial charge on any atom is -0.497 e. The monoisotopic (exact) mass is 731 g/mol. The molecule has 5 nitrogen and oxygen atoms in total. The minimum atomic E-state index is -0.942. The molecule has 1 N–H and O–H groups in total. The average Bonchev–Trinajstić information content (AvgIpc) is 3.50. The largest absolute Gasteiger partial charge is 0.497 e. The van der Waals surface area contributed by atoms with Gasteiger partial charge in [-0.2, -0.15) is 0 Å². The third kappa shape index (κ3) is 5.75. The fourth-order valence-corrected chi connectivity index (χ4v) is 9.28. The lowest BCUT2D eigenvalue weighted by molar-refractivity contribution is 0.102. The first-order valence-corrected chi connectivity index (χ1v) is 20.0. The molecule has 0 fully saturated rings. The molecule has 6 aromatic rings. The van der Waals surface area contributed by atoms with E-state index in [1.54, 1.807) is 26.0 Å². The molecule has 0 saturated carbocycles. The van der Waals surface area contributed by atoms with Crippen molar-refractivity contribution in [2.75, 3.05) is 25.8 Å². The van der Waals surface area contributed by atoms with Crippen LogP contribution in [0.15, 0.2) is 126 Å². The van der Waals surface area contributed by atoms with Crippen molar-refractivity contribution in [1.82, 2.24) is 0 Å². The fraction of sp³-hybridized carbons (Fsp3) is 0.229. The highest BCUT2D eigenvalue weighted by Gasteiger charge is 2.47. The van der Waals surface area contributed by atoms with Crippen LogP contribution in [-0.2, 0) is 11.0 Å². The van der Waals surface area contributed by atoms with Crippen LogP contribution in [0.4, 0.5) is 5.69 Å². The molecule has 6 aromatic carbocycles. The van der Waals surface area contributed by atoms with E-state index >= 15 is 0 Å². The molecule has 1 amide bonds. The van der Waals surface area contributed by atoms with Crippen LogP contribution < -0.4 is 19.5 Å². The van der Waals surface area contributed by atoms with Crippen molar-refractivity contribution in [2.24, 2.45) is 0 Å². The maximum atomic E-state index is 13.5. The summed E-state index contributed by atoms with van der Waals surface area (Å²) in [4.78, 5) is 14.7. The third-order valence-corrected chi connectivity index (χ3v) is 11.9. The van der Waals surface area contributed by atoms with Crippen LogP contribution >= 0.6 is 11.8 Å². The van der Waals surface area contributed by atoms with E-state index in [9.17, 15) is 4.79 Å². The summed E-state index contributed by atoms with van der Waals surface area (Å²) in [6, 6.07) is 38.9. The number of thioether (sulfide) groups is 1. The van der Waals surface area contributed by atoms with Crippen LogP contribution in [0.2, 0.25) is 0 Å². The molecule has 0 bridgehead atoms. The maximum Gasteiger partial charge on any atom is 0.255 e. The quantitative estimate of drug-likeness (QED) is 0.134. The molecule has 2 aliphatic rings. The van der Waals surface area contributed by atoms with Gasteiger partial charge in [-0.15, -0.1) is 11.8 Å². The van der Waals surface area contributed by atoms with Gasteiger partial charge in [0, 0.05) is 43.6 Å². The number of amides is 1. The van der Waals surface area contributed by atoms with E-state index in [0.29, 0.717) is 5.56 Å². The Balaban J connectivity index is 1.42. The van der Waals surface area contributed by atoms with E-state index in [-0.39, 0.29) is 11.3 Å². The normalized spacial score (nSPS) is 14.5. The molecule has 54 heavy (non-hydrogen) atoms. The van der Waals surface area contributed by atoms with Crippen molar-refractivity contribution in [1.29, 1.82) is 0 Å². The van der Waals surface area contributed by atoms with Gasteiger partial charge in [0.15, 0.2) is 5.60 Å². The van der Waals surface area contributed by atoms with Gasteiger partial charge < -0.3 is 19.5 Å². The highest BCUT2D eigenvalue weighted by atomic mass is 32.2. The Labute approximate surface area is 322 Å². The Hall–Kier alpha value is -5.46. The van der Waals surface area contributed by atoms with Crippen LogP contribution in [0, 0.1) is 0 Å². The summed E-state index contributed by atoms with van der Waals surface area (Å²) >= 11 is 1.79. The fourth-order valence-electron chi connectivity index (χ4n) is 8.84. The highest BCUT2D eigenvalue weighted by Crippen LogP contribution is 2.61. The number of hydrogen-bond acceptors (Lipinski definition) is 5. The summed E-state index contributed by atoms with van der Waals surface area (Å²) in [6.07, 6.45) is 10.8. The van der Waals surface area contributed by atoms with Gasteiger partial charge in [-0.1, -0.05) is 81.3 Å². The Morgan fingerprint density at radius 2 is 1.41 bits per heavy atom. The van der Waals surface area contributed by atoms with E-state index in [4.69, 9.17) is 14.2 Å². The molecule has 0 radical (unpaired) electrons.